The van der Waals surface area contributed by atoms with Crippen LogP contribution in [-0.2, 0) is 0 Å². The van der Waals surface area contributed by atoms with Gasteiger partial charge in [0.25, 0.3) is 0 Å². The van der Waals surface area contributed by atoms with Crippen molar-refractivity contribution in [3.8, 4) is 0 Å². The van der Waals surface area contributed by atoms with Crippen LogP contribution in [0.1, 0.15) is 0 Å². The van der Waals surface area contributed by atoms with Gasteiger partial charge in [-0.2, -0.15) is 0 Å². The van der Waals surface area contributed by atoms with Crippen molar-refractivity contribution in [2.24, 2.45) is 0 Å². The minimum absolute atomic E-state index is 0.732. The molecule has 0 N–H and O–H groups in total. The van der Waals surface area contributed by atoms with Gasteiger partial charge < -0.3 is 4.90 Å². The molecule has 0 spiro atoms. The molecule has 0 saturated heterocycles. The van der Waals surface area contributed by atoms with Crippen molar-refractivity contribution in [3.63, 3.8) is 0 Å². The molecule has 0 saturated carbocycles. The first-order valence-corrected chi connectivity index (χ1v) is 7.21. The molecule has 0 amide bonds. The number of aromatic nitrogens is 2. The minimum atomic E-state index is 0.732. The van der Waals surface area contributed by atoms with Gasteiger partial charge in [0.1, 0.15) is 5.03 Å². The summed E-state index contributed by atoms with van der Waals surface area (Å²) in [5.41, 5.74) is 0. The molecule has 3 nitrogen and oxygen atoms in total. The maximum absolute atomic E-state index is 4.53. The quantitative estimate of drug-likeness (QED) is 0.682. The number of hydrogen-bond acceptors (Lipinski definition) is 4. The molecule has 100 valence electrons. The Balaban J connectivity index is 1.90. The van der Waals surface area contributed by atoms with E-state index in [0.717, 1.165) is 11.0 Å². The van der Waals surface area contributed by atoms with Gasteiger partial charge in [0.05, 0.1) is 0 Å². The Kier molecular flexibility index (Phi) is 3.56. The Labute approximate surface area is 122 Å². The summed E-state index contributed by atoms with van der Waals surface area (Å²) in [6, 6.07) is 16.8. The Hall–Kier alpha value is -2.07. The van der Waals surface area contributed by atoms with Crippen LogP contribution in [0.5, 0.6) is 0 Å². The molecular formula is C16H15N3S. The Bertz CT molecular complexity index is 740. The zero-order chi connectivity index (χ0) is 13.9. The van der Waals surface area contributed by atoms with E-state index in [0.29, 0.717) is 0 Å². The number of nitrogens with zero attached hydrogens (tertiary/aromatic N) is 3. The monoisotopic (exact) mass is 281 g/mol. The van der Waals surface area contributed by atoms with Gasteiger partial charge in [-0.15, -0.1) is 0 Å². The third-order valence-electron chi connectivity index (χ3n) is 2.96. The van der Waals surface area contributed by atoms with E-state index in [9.17, 15) is 0 Å². The van der Waals surface area contributed by atoms with Crippen molar-refractivity contribution in [3.05, 3.63) is 54.7 Å². The first-order chi connectivity index (χ1) is 9.72. The van der Waals surface area contributed by atoms with Gasteiger partial charge >= 0.3 is 0 Å². The highest BCUT2D eigenvalue weighted by molar-refractivity contribution is 7.99. The molecule has 20 heavy (non-hydrogen) atoms. The highest BCUT2D eigenvalue weighted by Crippen LogP contribution is 2.29. The van der Waals surface area contributed by atoms with E-state index in [4.69, 9.17) is 0 Å². The Morgan fingerprint density at radius 2 is 1.75 bits per heavy atom. The van der Waals surface area contributed by atoms with Gasteiger partial charge in [-0.3, -0.25) is 0 Å². The van der Waals surface area contributed by atoms with Gasteiger partial charge in [-0.25, -0.2) is 9.97 Å². The molecule has 3 aromatic rings. The molecule has 0 aliphatic carbocycles. The summed E-state index contributed by atoms with van der Waals surface area (Å²) in [6.07, 6.45) is 1.80. The van der Waals surface area contributed by atoms with E-state index in [1.54, 1.807) is 18.0 Å². The van der Waals surface area contributed by atoms with Crippen molar-refractivity contribution >= 4 is 28.5 Å². The smallest absolute Gasteiger partial charge is 0.225 e. The van der Waals surface area contributed by atoms with Crippen LogP contribution in [0.2, 0.25) is 0 Å². The number of hydrogen-bond donors (Lipinski definition) is 0. The topological polar surface area (TPSA) is 29.0 Å². The second-order valence-corrected chi connectivity index (χ2v) is 5.79. The predicted molar refractivity (Wildman–Crippen MR) is 84.4 cm³/mol. The molecule has 3 rings (SSSR count). The van der Waals surface area contributed by atoms with Crippen LogP contribution >= 0.6 is 11.8 Å². The average molecular weight is 281 g/mol. The van der Waals surface area contributed by atoms with Gasteiger partial charge in [0.2, 0.25) is 5.95 Å². The molecule has 0 aliphatic heterocycles. The maximum Gasteiger partial charge on any atom is 0.225 e. The number of fused-ring (bicyclic) bond motifs is 1. The maximum atomic E-state index is 4.53. The predicted octanol–water partition coefficient (Wildman–Crippen LogP) is 3.85. The van der Waals surface area contributed by atoms with Crippen molar-refractivity contribution in [2.45, 2.75) is 9.92 Å². The average Bonchev–Trinajstić information content (AvgIpc) is 2.47. The lowest BCUT2D eigenvalue weighted by Gasteiger charge is -2.10. The third-order valence-corrected chi connectivity index (χ3v) is 3.89. The highest BCUT2D eigenvalue weighted by Gasteiger charge is 2.04. The van der Waals surface area contributed by atoms with E-state index < -0.39 is 0 Å². The Morgan fingerprint density at radius 1 is 0.950 bits per heavy atom. The molecule has 0 radical (unpaired) electrons. The second-order valence-electron chi connectivity index (χ2n) is 4.70. The van der Waals surface area contributed by atoms with Crippen molar-refractivity contribution in [1.82, 2.24) is 9.97 Å². The van der Waals surface area contributed by atoms with Crippen LogP contribution in [0, 0.1) is 0 Å². The summed E-state index contributed by atoms with van der Waals surface area (Å²) in [5, 5.41) is 3.46. The summed E-state index contributed by atoms with van der Waals surface area (Å²) in [4.78, 5) is 11.9. The summed E-state index contributed by atoms with van der Waals surface area (Å²) < 4.78 is 0. The lowest BCUT2D eigenvalue weighted by molar-refractivity contribution is 0.950. The summed E-state index contributed by atoms with van der Waals surface area (Å²) >= 11 is 1.66. The van der Waals surface area contributed by atoms with Crippen LogP contribution < -0.4 is 4.90 Å². The molecular weight excluding hydrogens is 266 g/mol. The van der Waals surface area contributed by atoms with Crippen molar-refractivity contribution < 1.29 is 0 Å². The fourth-order valence-electron chi connectivity index (χ4n) is 1.96. The number of anilines is 1. The molecule has 0 bridgehead atoms. The van der Waals surface area contributed by atoms with E-state index >= 15 is 0 Å². The van der Waals surface area contributed by atoms with E-state index in [1.807, 2.05) is 25.1 Å². The highest BCUT2D eigenvalue weighted by atomic mass is 32.2. The summed E-state index contributed by atoms with van der Waals surface area (Å²) in [7, 11) is 3.89. The normalized spacial score (nSPS) is 10.7. The molecule has 0 fully saturated rings. The summed E-state index contributed by atoms with van der Waals surface area (Å²) in [6.45, 7) is 0. The first kappa shape index (κ1) is 12.9. The zero-order valence-corrected chi connectivity index (χ0v) is 12.3. The molecule has 1 aromatic heterocycles. The standard InChI is InChI=1S/C16H15N3S/c1-19(2)16-17-10-9-15(18-16)20-14-8-7-12-5-3-4-6-13(12)11-14/h3-11H,1-2H3. The molecule has 4 heteroatoms. The fraction of sp³-hybridized carbons (Fsp3) is 0.125. The van der Waals surface area contributed by atoms with E-state index in [-0.39, 0.29) is 0 Å². The number of rotatable bonds is 3. The molecule has 0 atom stereocenters. The fourth-order valence-corrected chi connectivity index (χ4v) is 2.78. The van der Waals surface area contributed by atoms with Crippen LogP contribution in [0.25, 0.3) is 10.8 Å². The van der Waals surface area contributed by atoms with Crippen LogP contribution in [-0.4, -0.2) is 24.1 Å². The first-order valence-electron chi connectivity index (χ1n) is 6.39. The SMILES string of the molecule is CN(C)c1nccc(Sc2ccc3ccccc3c2)n1. The van der Waals surface area contributed by atoms with Crippen LogP contribution in [0.3, 0.4) is 0 Å². The minimum Gasteiger partial charge on any atom is -0.347 e. The van der Waals surface area contributed by atoms with Gasteiger partial charge in [0, 0.05) is 25.2 Å². The molecule has 0 unspecified atom stereocenters. The largest absolute Gasteiger partial charge is 0.347 e. The van der Waals surface area contributed by atoms with Crippen molar-refractivity contribution in [1.29, 1.82) is 0 Å². The van der Waals surface area contributed by atoms with Crippen LogP contribution in [0.4, 0.5) is 5.95 Å². The second kappa shape index (κ2) is 5.51. The van der Waals surface area contributed by atoms with E-state index in [1.165, 1.54) is 15.7 Å². The Morgan fingerprint density at radius 3 is 2.55 bits per heavy atom. The van der Waals surface area contributed by atoms with Crippen molar-refractivity contribution in [2.75, 3.05) is 19.0 Å². The molecule has 1 heterocycles. The lowest BCUT2D eigenvalue weighted by atomic mass is 10.1. The van der Waals surface area contributed by atoms with Crippen LogP contribution in [0.15, 0.2) is 64.6 Å². The van der Waals surface area contributed by atoms with E-state index in [2.05, 4.69) is 52.4 Å². The van der Waals surface area contributed by atoms with Gasteiger partial charge in [0.15, 0.2) is 0 Å². The number of benzene rings is 2. The zero-order valence-electron chi connectivity index (χ0n) is 11.4. The summed E-state index contributed by atoms with van der Waals surface area (Å²) in [5.74, 6) is 0.732. The van der Waals surface area contributed by atoms with Gasteiger partial charge in [-0.05, 0) is 29.0 Å². The molecule has 0 aliphatic rings. The van der Waals surface area contributed by atoms with Gasteiger partial charge in [-0.1, -0.05) is 42.1 Å². The molecule has 2 aromatic carbocycles. The third kappa shape index (κ3) is 2.75. The lowest BCUT2D eigenvalue weighted by Crippen LogP contribution is -2.12.